The third-order valence-electron chi connectivity index (χ3n) is 2.34. The SMILES string of the molecule is COC1(C(F)F)CC(C(=O)O)C1. The Kier molecular flexibility index (Phi) is 2.32. The number of alkyl halides is 2. The van der Waals surface area contributed by atoms with Crippen LogP contribution >= 0.6 is 0 Å². The van der Waals surface area contributed by atoms with Crippen LogP contribution in [-0.2, 0) is 9.53 Å². The van der Waals surface area contributed by atoms with Crippen LogP contribution in [0, 0.1) is 5.92 Å². The van der Waals surface area contributed by atoms with E-state index in [1.54, 1.807) is 0 Å². The van der Waals surface area contributed by atoms with E-state index in [2.05, 4.69) is 4.74 Å². The van der Waals surface area contributed by atoms with E-state index in [1.807, 2.05) is 0 Å². The maximum Gasteiger partial charge on any atom is 0.306 e. The van der Waals surface area contributed by atoms with Crippen molar-refractivity contribution in [1.82, 2.24) is 0 Å². The van der Waals surface area contributed by atoms with E-state index < -0.39 is 23.9 Å². The van der Waals surface area contributed by atoms with Crippen LogP contribution in [0.1, 0.15) is 12.8 Å². The third-order valence-corrected chi connectivity index (χ3v) is 2.34. The van der Waals surface area contributed by atoms with E-state index >= 15 is 0 Å². The Bertz CT molecular complexity index is 187. The van der Waals surface area contributed by atoms with E-state index in [0.717, 1.165) is 0 Å². The van der Waals surface area contributed by atoms with Gasteiger partial charge in [0, 0.05) is 7.11 Å². The molecule has 0 aromatic heterocycles. The average Bonchev–Trinajstić information content (AvgIpc) is 1.84. The number of hydrogen-bond donors (Lipinski definition) is 1. The highest BCUT2D eigenvalue weighted by molar-refractivity contribution is 5.71. The summed E-state index contributed by atoms with van der Waals surface area (Å²) in [6.45, 7) is 0. The fraction of sp³-hybridized carbons (Fsp3) is 0.857. The largest absolute Gasteiger partial charge is 0.481 e. The summed E-state index contributed by atoms with van der Waals surface area (Å²) < 4.78 is 29.1. The van der Waals surface area contributed by atoms with E-state index in [9.17, 15) is 13.6 Å². The molecule has 1 aliphatic rings. The molecular formula is C7H10F2O3. The topological polar surface area (TPSA) is 46.5 Å². The second-order valence-electron chi connectivity index (χ2n) is 3.01. The van der Waals surface area contributed by atoms with Crippen LogP contribution in [0.5, 0.6) is 0 Å². The Balaban J connectivity index is 2.52. The molecule has 12 heavy (non-hydrogen) atoms. The van der Waals surface area contributed by atoms with Gasteiger partial charge >= 0.3 is 5.97 Å². The molecule has 1 rings (SSSR count). The Morgan fingerprint density at radius 3 is 2.42 bits per heavy atom. The fourth-order valence-corrected chi connectivity index (χ4v) is 1.38. The van der Waals surface area contributed by atoms with Gasteiger partial charge in [0.05, 0.1) is 5.92 Å². The number of rotatable bonds is 3. The predicted octanol–water partition coefficient (Wildman–Crippen LogP) is 1.13. The molecule has 0 atom stereocenters. The highest BCUT2D eigenvalue weighted by atomic mass is 19.3. The molecule has 70 valence electrons. The molecule has 0 radical (unpaired) electrons. The zero-order valence-corrected chi connectivity index (χ0v) is 6.59. The van der Waals surface area contributed by atoms with Crippen LogP contribution in [0.15, 0.2) is 0 Å². The summed E-state index contributed by atoms with van der Waals surface area (Å²) in [6, 6.07) is 0. The van der Waals surface area contributed by atoms with E-state index in [1.165, 1.54) is 7.11 Å². The normalized spacial score (nSPS) is 34.8. The van der Waals surface area contributed by atoms with Gasteiger partial charge in [-0.3, -0.25) is 4.79 Å². The van der Waals surface area contributed by atoms with Crippen LogP contribution in [0.3, 0.4) is 0 Å². The number of carboxylic acids is 1. The second kappa shape index (κ2) is 2.97. The molecule has 0 unspecified atom stereocenters. The van der Waals surface area contributed by atoms with Gasteiger partial charge in [-0.25, -0.2) is 8.78 Å². The lowest BCUT2D eigenvalue weighted by atomic mass is 9.71. The van der Waals surface area contributed by atoms with Crippen LogP contribution in [0.25, 0.3) is 0 Å². The van der Waals surface area contributed by atoms with Crippen LogP contribution in [-0.4, -0.2) is 30.2 Å². The van der Waals surface area contributed by atoms with Gasteiger partial charge in [0.1, 0.15) is 5.60 Å². The lowest BCUT2D eigenvalue weighted by Crippen LogP contribution is -2.53. The van der Waals surface area contributed by atoms with Gasteiger partial charge < -0.3 is 9.84 Å². The first kappa shape index (κ1) is 9.38. The van der Waals surface area contributed by atoms with Crippen molar-refractivity contribution < 1.29 is 23.4 Å². The number of hydrogen-bond acceptors (Lipinski definition) is 2. The highest BCUT2D eigenvalue weighted by Gasteiger charge is 2.54. The van der Waals surface area contributed by atoms with Gasteiger partial charge in [-0.2, -0.15) is 0 Å². The van der Waals surface area contributed by atoms with Gasteiger partial charge in [-0.15, -0.1) is 0 Å². The second-order valence-corrected chi connectivity index (χ2v) is 3.01. The molecule has 0 spiro atoms. The molecule has 1 fully saturated rings. The Labute approximate surface area is 68.3 Å². The Morgan fingerprint density at radius 1 is 1.67 bits per heavy atom. The summed E-state index contributed by atoms with van der Waals surface area (Å²) >= 11 is 0. The average molecular weight is 180 g/mol. The first-order valence-corrected chi connectivity index (χ1v) is 3.58. The Morgan fingerprint density at radius 2 is 2.17 bits per heavy atom. The van der Waals surface area contributed by atoms with Crippen molar-refractivity contribution in [2.75, 3.05) is 7.11 Å². The predicted molar refractivity (Wildman–Crippen MR) is 36.1 cm³/mol. The molecule has 0 aromatic rings. The Hall–Kier alpha value is -0.710. The van der Waals surface area contributed by atoms with Crippen LogP contribution in [0.2, 0.25) is 0 Å². The molecule has 0 bridgehead atoms. The minimum atomic E-state index is -2.60. The van der Waals surface area contributed by atoms with Crippen LogP contribution in [0.4, 0.5) is 8.78 Å². The summed E-state index contributed by atoms with van der Waals surface area (Å²) in [5, 5.41) is 8.44. The van der Waals surface area contributed by atoms with Crippen molar-refractivity contribution in [3.05, 3.63) is 0 Å². The first-order valence-electron chi connectivity index (χ1n) is 3.58. The minimum Gasteiger partial charge on any atom is -0.481 e. The zero-order chi connectivity index (χ0) is 9.35. The lowest BCUT2D eigenvalue weighted by molar-refractivity contribution is -0.198. The molecule has 0 amide bonds. The number of aliphatic carboxylic acids is 1. The monoisotopic (exact) mass is 180 g/mol. The van der Waals surface area contributed by atoms with Crippen LogP contribution < -0.4 is 0 Å². The van der Waals surface area contributed by atoms with E-state index in [0.29, 0.717) is 0 Å². The molecule has 0 aromatic carbocycles. The van der Waals surface area contributed by atoms with Gasteiger partial charge in [-0.1, -0.05) is 0 Å². The highest BCUT2D eigenvalue weighted by Crippen LogP contribution is 2.44. The lowest BCUT2D eigenvalue weighted by Gasteiger charge is -2.43. The quantitative estimate of drug-likeness (QED) is 0.708. The molecule has 0 heterocycles. The minimum absolute atomic E-state index is 0.0868. The van der Waals surface area contributed by atoms with Gasteiger partial charge in [0.25, 0.3) is 6.43 Å². The van der Waals surface area contributed by atoms with Crippen molar-refractivity contribution in [2.45, 2.75) is 24.9 Å². The smallest absolute Gasteiger partial charge is 0.306 e. The van der Waals surface area contributed by atoms with Gasteiger partial charge in [0.15, 0.2) is 0 Å². The molecule has 1 saturated carbocycles. The molecule has 0 aliphatic heterocycles. The summed E-state index contributed by atoms with van der Waals surface area (Å²) in [4.78, 5) is 10.3. The number of ether oxygens (including phenoxy) is 1. The molecular weight excluding hydrogens is 170 g/mol. The molecule has 1 aliphatic carbocycles. The fourth-order valence-electron chi connectivity index (χ4n) is 1.38. The molecule has 5 heteroatoms. The number of methoxy groups -OCH3 is 1. The number of halogens is 2. The number of carbonyl (C=O) groups is 1. The van der Waals surface area contributed by atoms with Crippen molar-refractivity contribution in [1.29, 1.82) is 0 Å². The standard InChI is InChI=1S/C7H10F2O3/c1-12-7(6(8)9)2-4(3-7)5(10)11/h4,6H,2-3H2,1H3,(H,10,11). The van der Waals surface area contributed by atoms with Crippen molar-refractivity contribution in [2.24, 2.45) is 5.92 Å². The zero-order valence-electron chi connectivity index (χ0n) is 6.59. The van der Waals surface area contributed by atoms with Crippen molar-refractivity contribution in [3.63, 3.8) is 0 Å². The molecule has 3 nitrogen and oxygen atoms in total. The summed E-state index contributed by atoms with van der Waals surface area (Å²) in [5.41, 5.74) is -1.50. The van der Waals surface area contributed by atoms with Crippen molar-refractivity contribution in [3.8, 4) is 0 Å². The van der Waals surface area contributed by atoms with Gasteiger partial charge in [0.2, 0.25) is 0 Å². The van der Waals surface area contributed by atoms with E-state index in [4.69, 9.17) is 5.11 Å². The number of carboxylic acid groups (broad SMARTS) is 1. The maximum absolute atomic E-state index is 12.3. The third kappa shape index (κ3) is 1.29. The molecule has 0 saturated heterocycles. The summed E-state index contributed by atoms with van der Waals surface area (Å²) in [6.07, 6.45) is -2.77. The first-order chi connectivity index (χ1) is 5.52. The van der Waals surface area contributed by atoms with Crippen molar-refractivity contribution >= 4 is 5.97 Å². The van der Waals surface area contributed by atoms with Gasteiger partial charge in [-0.05, 0) is 12.8 Å². The summed E-state index contributed by atoms with van der Waals surface area (Å²) in [7, 11) is 1.18. The molecule has 1 N–H and O–H groups in total. The van der Waals surface area contributed by atoms with E-state index in [-0.39, 0.29) is 12.8 Å². The maximum atomic E-state index is 12.3. The summed E-state index contributed by atoms with van der Waals surface area (Å²) in [5.74, 6) is -1.69.